The predicted molar refractivity (Wildman–Crippen MR) is 120 cm³/mol. The molecule has 4 rings (SSSR count). The third-order valence-electron chi connectivity index (χ3n) is 5.76. The number of ether oxygens (including phenoxy) is 1. The molecule has 3 aromatic rings. The average Bonchev–Trinajstić information content (AvgIpc) is 3.60. The monoisotopic (exact) mass is 467 g/mol. The molecule has 2 aromatic heterocycles. The molecule has 1 aliphatic carbocycles. The van der Waals surface area contributed by atoms with Gasteiger partial charge in [-0.25, -0.2) is 18.5 Å². The lowest BCUT2D eigenvalue weighted by molar-refractivity contribution is 0.0949. The number of nitrogens with two attached hydrogens (primary N) is 1. The summed E-state index contributed by atoms with van der Waals surface area (Å²) in [6.45, 7) is 0.0189. The van der Waals surface area contributed by atoms with Crippen molar-refractivity contribution < 1.29 is 17.9 Å². The van der Waals surface area contributed by atoms with Gasteiger partial charge in [-0.1, -0.05) is 12.1 Å². The van der Waals surface area contributed by atoms with Crippen molar-refractivity contribution in [1.82, 2.24) is 14.9 Å². The van der Waals surface area contributed by atoms with E-state index in [0.717, 1.165) is 5.56 Å². The zero-order chi connectivity index (χ0) is 23.8. The maximum Gasteiger partial charge on any atom is 0.263 e. The summed E-state index contributed by atoms with van der Waals surface area (Å²) in [6.07, 6.45) is 2.26. The topological polar surface area (TPSA) is 157 Å². The van der Waals surface area contributed by atoms with Crippen LogP contribution in [0.25, 0.3) is 10.9 Å². The predicted octanol–water partition coefficient (Wildman–Crippen LogP) is 0.935. The van der Waals surface area contributed by atoms with Gasteiger partial charge in [-0.15, -0.1) is 0 Å². The Morgan fingerprint density at radius 3 is 2.61 bits per heavy atom. The molecule has 1 aliphatic rings. The van der Waals surface area contributed by atoms with E-state index in [1.54, 1.807) is 30.3 Å². The van der Waals surface area contributed by atoms with Crippen molar-refractivity contribution in [3.8, 4) is 11.9 Å². The van der Waals surface area contributed by atoms with E-state index in [9.17, 15) is 18.0 Å². The highest BCUT2D eigenvalue weighted by molar-refractivity contribution is 7.90. The molecule has 1 aromatic carbocycles. The lowest BCUT2D eigenvalue weighted by Gasteiger charge is -2.16. The van der Waals surface area contributed by atoms with Gasteiger partial charge in [0.1, 0.15) is 22.4 Å². The normalized spacial score (nSPS) is 14.5. The molecule has 3 N–H and O–H groups in total. The summed E-state index contributed by atoms with van der Waals surface area (Å²) in [5, 5.41) is 17.4. The number of nitrogens with one attached hydrogen (secondary N) is 1. The molecule has 1 amide bonds. The second kappa shape index (κ2) is 8.31. The number of hydrogen-bond acceptors (Lipinski definition) is 7. The summed E-state index contributed by atoms with van der Waals surface area (Å²) in [7, 11) is -2.29. The number of sulfonamides is 1. The van der Waals surface area contributed by atoms with Crippen molar-refractivity contribution in [2.45, 2.75) is 24.1 Å². The van der Waals surface area contributed by atoms with Crippen molar-refractivity contribution in [2.24, 2.45) is 12.2 Å². The zero-order valence-corrected chi connectivity index (χ0v) is 18.6. The molecule has 10 nitrogen and oxygen atoms in total. The minimum absolute atomic E-state index is 0.0565. The van der Waals surface area contributed by atoms with Gasteiger partial charge in [0.2, 0.25) is 15.9 Å². The Balaban J connectivity index is 1.58. The van der Waals surface area contributed by atoms with E-state index >= 15 is 0 Å². The molecule has 2 heterocycles. The van der Waals surface area contributed by atoms with Gasteiger partial charge in [0.25, 0.3) is 11.5 Å². The van der Waals surface area contributed by atoms with Crippen LogP contribution in [-0.2, 0) is 23.6 Å². The highest BCUT2D eigenvalue weighted by Crippen LogP contribution is 2.42. The maximum atomic E-state index is 12.9. The third-order valence-corrected chi connectivity index (χ3v) is 7.49. The number of carbonyl (C=O) groups is 1. The van der Waals surface area contributed by atoms with Gasteiger partial charge in [-0.05, 0) is 42.7 Å². The molecule has 0 unspecified atom stereocenters. The molecule has 33 heavy (non-hydrogen) atoms. The SMILES string of the molecule is Cn1c(=O)c(C(=O)NCc2ccc(C#N)cc2)cc2ccnc(OCC3(S(N)(=O)=O)CC3)c21. The number of rotatable bonds is 7. The van der Waals surface area contributed by atoms with Crippen LogP contribution < -0.4 is 20.8 Å². The first-order valence-corrected chi connectivity index (χ1v) is 11.6. The smallest absolute Gasteiger partial charge is 0.263 e. The van der Waals surface area contributed by atoms with Gasteiger partial charge in [0.15, 0.2) is 0 Å². The summed E-state index contributed by atoms with van der Waals surface area (Å²) in [4.78, 5) is 29.8. The van der Waals surface area contributed by atoms with Gasteiger partial charge in [-0.3, -0.25) is 9.59 Å². The van der Waals surface area contributed by atoms with Crippen molar-refractivity contribution in [2.75, 3.05) is 6.61 Å². The zero-order valence-electron chi connectivity index (χ0n) is 17.7. The van der Waals surface area contributed by atoms with Crippen LogP contribution in [0.5, 0.6) is 5.88 Å². The molecule has 0 saturated heterocycles. The summed E-state index contributed by atoms with van der Waals surface area (Å²) in [5.74, 6) is -0.459. The molecule has 11 heteroatoms. The van der Waals surface area contributed by atoms with E-state index < -0.39 is 26.2 Å². The van der Waals surface area contributed by atoms with E-state index in [4.69, 9.17) is 15.1 Å². The minimum Gasteiger partial charge on any atom is -0.474 e. The van der Waals surface area contributed by atoms with Gasteiger partial charge in [0, 0.05) is 25.2 Å². The van der Waals surface area contributed by atoms with Gasteiger partial charge < -0.3 is 14.6 Å². The summed E-state index contributed by atoms with van der Waals surface area (Å²) >= 11 is 0. The second-order valence-electron chi connectivity index (χ2n) is 7.98. The maximum absolute atomic E-state index is 12.9. The quantitative estimate of drug-likeness (QED) is 0.523. The molecule has 0 radical (unpaired) electrons. The Bertz CT molecular complexity index is 1450. The molecule has 1 fully saturated rings. The highest BCUT2D eigenvalue weighted by atomic mass is 32.2. The first-order chi connectivity index (χ1) is 15.6. The van der Waals surface area contributed by atoms with Crippen LogP contribution in [0, 0.1) is 11.3 Å². The molecule has 0 spiro atoms. The fourth-order valence-corrected chi connectivity index (χ4v) is 4.39. The molecule has 170 valence electrons. The number of carbonyl (C=O) groups excluding carboxylic acids is 1. The van der Waals surface area contributed by atoms with Crippen LogP contribution in [0.3, 0.4) is 0 Å². The van der Waals surface area contributed by atoms with E-state index in [1.807, 2.05) is 6.07 Å². The fraction of sp³-hybridized carbons (Fsp3) is 0.273. The number of aromatic nitrogens is 2. The number of nitriles is 1. The number of pyridine rings is 2. The van der Waals surface area contributed by atoms with E-state index in [2.05, 4.69) is 10.3 Å². The van der Waals surface area contributed by atoms with Crippen molar-refractivity contribution in [3.05, 3.63) is 69.6 Å². The van der Waals surface area contributed by atoms with Crippen molar-refractivity contribution >= 4 is 26.8 Å². The van der Waals surface area contributed by atoms with Crippen LogP contribution in [0.15, 0.2) is 47.4 Å². The van der Waals surface area contributed by atoms with Gasteiger partial charge in [-0.2, -0.15) is 5.26 Å². The molecule has 1 saturated carbocycles. The summed E-state index contributed by atoms with van der Waals surface area (Å²) in [6, 6.07) is 11.8. The van der Waals surface area contributed by atoms with Crippen LogP contribution >= 0.6 is 0 Å². The van der Waals surface area contributed by atoms with Crippen LogP contribution in [0.1, 0.15) is 34.3 Å². The molecular weight excluding hydrogens is 446 g/mol. The minimum atomic E-state index is -3.77. The first kappa shape index (κ1) is 22.4. The number of nitrogens with zero attached hydrogens (tertiary/aromatic N) is 3. The highest BCUT2D eigenvalue weighted by Gasteiger charge is 2.54. The number of aryl methyl sites for hydroxylation is 1. The largest absolute Gasteiger partial charge is 0.474 e. The van der Waals surface area contributed by atoms with Crippen LogP contribution in [0.2, 0.25) is 0 Å². The fourth-order valence-electron chi connectivity index (χ4n) is 3.50. The Hall–Kier alpha value is -3.75. The molecule has 0 bridgehead atoms. The second-order valence-corrected chi connectivity index (χ2v) is 9.94. The Kier molecular flexibility index (Phi) is 5.65. The molecule has 0 atom stereocenters. The lowest BCUT2D eigenvalue weighted by Crippen LogP contribution is -2.36. The van der Waals surface area contributed by atoms with Crippen molar-refractivity contribution in [1.29, 1.82) is 5.26 Å². The summed E-state index contributed by atoms with van der Waals surface area (Å²) in [5.41, 5.74) is 1.03. The van der Waals surface area contributed by atoms with Crippen molar-refractivity contribution in [3.63, 3.8) is 0 Å². The van der Waals surface area contributed by atoms with Crippen LogP contribution in [0.4, 0.5) is 0 Å². The standard InChI is InChI=1S/C22H21N5O5S/c1-27-18-16(6-9-25-20(18)32-13-22(7-8-22)33(24,30)31)10-17(21(27)29)19(28)26-12-15-4-2-14(11-23)3-5-15/h2-6,9-10H,7-8,12-13H2,1H3,(H,26,28)(H2,24,30,31). The molecular formula is C22H21N5O5S. The lowest BCUT2D eigenvalue weighted by atomic mass is 10.1. The Labute approximate surface area is 189 Å². The Morgan fingerprint density at radius 1 is 1.30 bits per heavy atom. The number of fused-ring (bicyclic) bond motifs is 1. The van der Waals surface area contributed by atoms with E-state index in [1.165, 1.54) is 23.9 Å². The van der Waals surface area contributed by atoms with Gasteiger partial charge >= 0.3 is 0 Å². The van der Waals surface area contributed by atoms with Crippen LogP contribution in [-0.4, -0.2) is 35.2 Å². The number of hydrogen-bond donors (Lipinski definition) is 2. The number of primary sulfonamides is 1. The number of amides is 1. The molecule has 0 aliphatic heterocycles. The van der Waals surface area contributed by atoms with Gasteiger partial charge in [0.05, 0.1) is 11.6 Å². The Morgan fingerprint density at radius 2 is 2.00 bits per heavy atom. The van der Waals surface area contributed by atoms with E-state index in [-0.39, 0.29) is 24.6 Å². The average molecular weight is 468 g/mol. The third kappa shape index (κ3) is 4.30. The summed E-state index contributed by atoms with van der Waals surface area (Å²) < 4.78 is 29.4. The number of benzene rings is 1. The first-order valence-electron chi connectivity index (χ1n) is 10.1. The van der Waals surface area contributed by atoms with E-state index in [0.29, 0.717) is 29.3 Å².